The molecule has 0 radical (unpaired) electrons. The topological polar surface area (TPSA) is 570 Å². The fourth-order valence-electron chi connectivity index (χ4n) is 9.69. The summed E-state index contributed by atoms with van der Waals surface area (Å²) in [5.74, 6) is -20.0. The number of hydrogen-bond donors (Lipinski definition) is 16. The Hall–Kier alpha value is -9.54. The lowest BCUT2D eigenvalue weighted by Gasteiger charge is -2.33. The van der Waals surface area contributed by atoms with Crippen LogP contribution in [0.4, 0.5) is 0 Å². The van der Waals surface area contributed by atoms with E-state index in [0.29, 0.717) is 27.3 Å². The van der Waals surface area contributed by atoms with Gasteiger partial charge in [-0.05, 0) is 29.4 Å². The number of amides is 6. The Balaban J connectivity index is 3.74. The predicted molar refractivity (Wildman–Crippen MR) is 334 cm³/mol. The lowest BCUT2D eigenvalue weighted by Crippen LogP contribution is -2.57. The van der Waals surface area contributed by atoms with E-state index >= 15 is 0 Å². The van der Waals surface area contributed by atoms with E-state index in [1.54, 1.807) is 31.2 Å². The number of nitrogens with one attached hydrogen (secondary N) is 6. The first-order valence-electron chi connectivity index (χ1n) is 30.4. The van der Waals surface area contributed by atoms with Crippen LogP contribution >= 0.6 is 0 Å². The largest absolute Gasteiger partial charge is 0.480 e. The zero-order chi connectivity index (χ0) is 73.6. The summed E-state index contributed by atoms with van der Waals surface area (Å²) in [7, 11) is 0. The van der Waals surface area contributed by atoms with E-state index in [-0.39, 0.29) is 44.4 Å². The Morgan fingerprint density at radius 1 is 0.381 bits per heavy atom. The highest BCUT2D eigenvalue weighted by atomic mass is 16.4. The molecule has 0 aliphatic rings. The van der Waals surface area contributed by atoms with Crippen molar-refractivity contribution in [3.05, 3.63) is 35.4 Å². The molecule has 5 atom stereocenters. The van der Waals surface area contributed by atoms with Crippen LogP contribution in [-0.4, -0.2) is 342 Å². The quantitative estimate of drug-likeness (QED) is 0.0289. The summed E-state index contributed by atoms with van der Waals surface area (Å²) in [6.07, 6.45) is 0.840. The van der Waals surface area contributed by atoms with Crippen molar-refractivity contribution in [1.82, 2.24) is 66.2 Å². The minimum absolute atomic E-state index is 0.0132. The average molecular weight is 1390 g/mol. The van der Waals surface area contributed by atoms with Crippen molar-refractivity contribution in [2.45, 2.75) is 84.7 Å². The number of nitrogens with zero attached hydrogens (tertiary/aromatic N) is 7. The van der Waals surface area contributed by atoms with E-state index in [2.05, 4.69) is 31.9 Å². The SMILES string of the molecule is CCC(C)[C@H](NC(C)=O)C(=O)N[C@@H](CC(C)C)C(=O)NCc1ccc(CNC(=O)CN(CCNC(=O)[C@@H](CN(CCN(CC(=O)O)CC(=O)O)CC(=O)O)N(CC(=O)O)CC(=O)O)CCNC(=O)[C@@H](CN(CCN(CC(=O)O)CC(=O)O)CC(=O)O)N(CC(=O)O)CC(=O)O)cc1. The molecule has 544 valence electrons. The van der Waals surface area contributed by atoms with Crippen molar-refractivity contribution >= 4 is 95.1 Å². The first-order chi connectivity index (χ1) is 45.4. The molecule has 0 aromatic heterocycles. The maximum absolute atomic E-state index is 14.2. The van der Waals surface area contributed by atoms with Crippen LogP contribution in [0.1, 0.15) is 58.6 Å². The molecule has 0 saturated carbocycles. The highest BCUT2D eigenvalue weighted by molar-refractivity contribution is 5.92. The van der Waals surface area contributed by atoms with Crippen molar-refractivity contribution in [3.8, 4) is 0 Å². The summed E-state index contributed by atoms with van der Waals surface area (Å²) in [5.41, 5.74) is 1.14. The Bertz CT molecular complexity index is 2680. The Morgan fingerprint density at radius 2 is 0.711 bits per heavy atom. The molecule has 0 saturated heterocycles. The van der Waals surface area contributed by atoms with Crippen LogP contribution in [0.3, 0.4) is 0 Å². The molecule has 6 amide bonds. The van der Waals surface area contributed by atoms with Gasteiger partial charge in [-0.15, -0.1) is 0 Å². The third-order valence-corrected chi connectivity index (χ3v) is 14.3. The summed E-state index contributed by atoms with van der Waals surface area (Å²) in [6, 6.07) is 1.10. The van der Waals surface area contributed by atoms with Gasteiger partial charge in [0.25, 0.3) is 0 Å². The summed E-state index contributed by atoms with van der Waals surface area (Å²) in [4.78, 5) is 206. The minimum Gasteiger partial charge on any atom is -0.480 e. The van der Waals surface area contributed by atoms with Crippen molar-refractivity contribution in [1.29, 1.82) is 0 Å². The minimum atomic E-state index is -1.81. The number of carboxylic acids is 10. The highest BCUT2D eigenvalue weighted by Gasteiger charge is 2.35. The molecule has 39 nitrogen and oxygen atoms in total. The monoisotopic (exact) mass is 1390 g/mol. The summed E-state index contributed by atoms with van der Waals surface area (Å²) in [6.45, 7) is -6.45. The van der Waals surface area contributed by atoms with Crippen molar-refractivity contribution in [3.63, 3.8) is 0 Å². The first-order valence-corrected chi connectivity index (χ1v) is 30.4. The van der Waals surface area contributed by atoms with Crippen molar-refractivity contribution in [2.24, 2.45) is 11.8 Å². The maximum atomic E-state index is 14.2. The van der Waals surface area contributed by atoms with Crippen LogP contribution in [0.2, 0.25) is 0 Å². The molecule has 1 aromatic carbocycles. The number of carbonyl (C=O) groups is 16. The Labute approximate surface area is 557 Å². The molecule has 0 aliphatic carbocycles. The van der Waals surface area contributed by atoms with Crippen molar-refractivity contribution < 1.29 is 128 Å². The third kappa shape index (κ3) is 38.6. The van der Waals surface area contributed by atoms with Crippen LogP contribution in [0.15, 0.2) is 24.3 Å². The van der Waals surface area contributed by atoms with Gasteiger partial charge in [0, 0.05) is 85.5 Å². The van der Waals surface area contributed by atoms with Gasteiger partial charge in [0.2, 0.25) is 35.4 Å². The highest BCUT2D eigenvalue weighted by Crippen LogP contribution is 2.13. The first kappa shape index (κ1) is 85.5. The van der Waals surface area contributed by atoms with E-state index in [0.717, 1.165) is 19.6 Å². The molecule has 0 fully saturated rings. The Kier molecular flexibility index (Phi) is 39.7. The predicted octanol–water partition coefficient (Wildman–Crippen LogP) is -6.07. The van der Waals surface area contributed by atoms with E-state index < -0.39 is 244 Å². The summed E-state index contributed by atoms with van der Waals surface area (Å²) < 4.78 is 0. The molecule has 1 rings (SSSR count). The standard InChI is InChI=1S/C58H91N13O26/c1-6-36(4)54(63-37(5)72)58(97)64-40(19-35(2)3)55(94)62-21-39-9-7-38(8-10-39)20-61-43(73)24-65(13-11-59-56(95)41(70(31-50(86)87)32-51(88)89)22-66(25-44(74)75)15-17-68(27-46(78)79)28-47(80)81)14-12-60-57(96)42(71(33-52(90)91)34-53(92)93)23-67(26-45(76)77)16-18-69(29-48(82)83)30-49(84)85/h7-10,35-36,40-42,54H,6,11-34H2,1-5H3,(H,59,95)(H,60,96)(H,61,73)(H,62,94)(H,63,72)(H,64,97)(H,74,75)(H,76,77)(H,78,79)(H,80,81)(H,82,83)(H,84,85)(H,86,87)(H,88,89)(H,90,91)(H,92,93)/t36?,40-,41+,42+,54-/m0/s1. The smallest absolute Gasteiger partial charge is 0.317 e. The second-order valence-corrected chi connectivity index (χ2v) is 23.1. The molecular weight excluding hydrogens is 1290 g/mol. The van der Waals surface area contributed by atoms with Crippen molar-refractivity contribution in [2.75, 3.05) is 137 Å². The molecule has 16 N–H and O–H groups in total. The number of carbonyl (C=O) groups excluding carboxylic acids is 6. The van der Waals surface area contributed by atoms with Gasteiger partial charge in [-0.1, -0.05) is 58.4 Å². The van der Waals surface area contributed by atoms with E-state index in [1.165, 1.54) is 11.8 Å². The lowest BCUT2D eigenvalue weighted by molar-refractivity contribution is -0.147. The number of hydrogen-bond acceptors (Lipinski definition) is 23. The fourth-order valence-corrected chi connectivity index (χ4v) is 9.69. The van der Waals surface area contributed by atoms with Crippen LogP contribution in [-0.2, 0) is 89.8 Å². The van der Waals surface area contributed by atoms with Gasteiger partial charge in [-0.25, -0.2) is 0 Å². The van der Waals surface area contributed by atoms with Gasteiger partial charge in [0.05, 0.1) is 72.0 Å². The van der Waals surface area contributed by atoms with Gasteiger partial charge < -0.3 is 83.0 Å². The molecule has 0 aliphatic heterocycles. The number of benzene rings is 1. The molecule has 0 spiro atoms. The van der Waals surface area contributed by atoms with E-state index in [4.69, 9.17) is 0 Å². The van der Waals surface area contributed by atoms with Gasteiger partial charge in [-0.3, -0.25) is 111 Å². The van der Waals surface area contributed by atoms with E-state index in [9.17, 15) is 128 Å². The second-order valence-electron chi connectivity index (χ2n) is 23.1. The number of aliphatic carboxylic acids is 10. The normalized spacial score (nSPS) is 13.0. The van der Waals surface area contributed by atoms with Crippen LogP contribution < -0.4 is 31.9 Å². The molecule has 0 bridgehead atoms. The van der Waals surface area contributed by atoms with Crippen LogP contribution in [0.25, 0.3) is 0 Å². The average Bonchev–Trinajstić information content (AvgIpc) is 0.894. The maximum Gasteiger partial charge on any atom is 0.317 e. The third-order valence-electron chi connectivity index (χ3n) is 14.3. The van der Waals surface area contributed by atoms with Gasteiger partial charge in [0.1, 0.15) is 24.2 Å². The molecule has 39 heteroatoms. The zero-order valence-electron chi connectivity index (χ0n) is 54.6. The van der Waals surface area contributed by atoms with E-state index in [1.807, 2.05) is 20.8 Å². The number of carboxylic acid groups (broad SMARTS) is 10. The molecule has 1 aromatic rings. The van der Waals surface area contributed by atoms with Crippen LogP contribution in [0.5, 0.6) is 0 Å². The lowest BCUT2D eigenvalue weighted by atomic mass is 9.96. The molecule has 97 heavy (non-hydrogen) atoms. The van der Waals surface area contributed by atoms with Crippen LogP contribution in [0, 0.1) is 11.8 Å². The second kappa shape index (κ2) is 45.0. The summed E-state index contributed by atoms with van der Waals surface area (Å²) >= 11 is 0. The molecule has 0 heterocycles. The number of rotatable bonds is 54. The molecular formula is C58H91N13O26. The zero-order valence-corrected chi connectivity index (χ0v) is 54.6. The molecule has 1 unspecified atom stereocenters. The van der Waals surface area contributed by atoms with Gasteiger partial charge in [0.15, 0.2) is 0 Å². The fraction of sp³-hybridized carbons (Fsp3) is 0.621. The van der Waals surface area contributed by atoms with Gasteiger partial charge >= 0.3 is 59.7 Å². The van der Waals surface area contributed by atoms with Gasteiger partial charge in [-0.2, -0.15) is 0 Å². The summed E-state index contributed by atoms with van der Waals surface area (Å²) in [5, 5.41) is 112. The Morgan fingerprint density at radius 3 is 1.03 bits per heavy atom.